The standard InChI is InChI=1S/C24H26N4O4S2/c1-3-13-25-23(31)26-19(29)14-33-24-27-21-20(17-7-5-6-8-18(17)34-21)22(30)28(24)15-9-11-16(12-10-15)32-4-2/h3,9-12H,1,4-8,13-14H2,2H3,(H2,25,26,29,31). The van der Waals surface area contributed by atoms with Crippen molar-refractivity contribution in [2.75, 3.05) is 18.9 Å². The van der Waals surface area contributed by atoms with Gasteiger partial charge in [-0.2, -0.15) is 0 Å². The summed E-state index contributed by atoms with van der Waals surface area (Å²) in [5.41, 5.74) is 1.61. The van der Waals surface area contributed by atoms with Crippen LogP contribution in [0.5, 0.6) is 5.75 Å². The number of thioether (sulfide) groups is 1. The Bertz CT molecular complexity index is 1280. The van der Waals surface area contributed by atoms with E-state index in [0.29, 0.717) is 33.4 Å². The maximum Gasteiger partial charge on any atom is 0.321 e. The molecule has 0 fully saturated rings. The zero-order valence-electron chi connectivity index (χ0n) is 18.9. The van der Waals surface area contributed by atoms with Gasteiger partial charge in [-0.1, -0.05) is 17.8 Å². The van der Waals surface area contributed by atoms with E-state index in [2.05, 4.69) is 17.2 Å². The molecular weight excluding hydrogens is 472 g/mol. The Kier molecular flexibility index (Phi) is 7.69. The molecule has 0 saturated heterocycles. The Hall–Kier alpha value is -3.11. The Balaban J connectivity index is 1.70. The van der Waals surface area contributed by atoms with Crippen LogP contribution >= 0.6 is 23.1 Å². The van der Waals surface area contributed by atoms with Crippen LogP contribution in [0.25, 0.3) is 15.9 Å². The predicted molar refractivity (Wildman–Crippen MR) is 135 cm³/mol. The number of carbonyl (C=O) groups is 2. The van der Waals surface area contributed by atoms with E-state index in [9.17, 15) is 14.4 Å². The molecule has 0 radical (unpaired) electrons. The number of fused-ring (bicyclic) bond motifs is 3. The van der Waals surface area contributed by atoms with Crippen LogP contribution in [0.3, 0.4) is 0 Å². The van der Waals surface area contributed by atoms with Gasteiger partial charge >= 0.3 is 6.03 Å². The number of urea groups is 1. The highest BCUT2D eigenvalue weighted by Gasteiger charge is 2.23. The molecule has 4 rings (SSSR count). The van der Waals surface area contributed by atoms with Crippen LogP contribution in [0.2, 0.25) is 0 Å². The number of nitrogens with one attached hydrogen (secondary N) is 2. The fourth-order valence-electron chi connectivity index (χ4n) is 3.87. The molecule has 0 spiro atoms. The van der Waals surface area contributed by atoms with Crippen LogP contribution in [0, 0.1) is 0 Å². The summed E-state index contributed by atoms with van der Waals surface area (Å²) < 4.78 is 7.08. The first-order valence-corrected chi connectivity index (χ1v) is 12.9. The summed E-state index contributed by atoms with van der Waals surface area (Å²) in [6.07, 6.45) is 5.54. The van der Waals surface area contributed by atoms with Crippen LogP contribution in [0.15, 0.2) is 46.9 Å². The van der Waals surface area contributed by atoms with Gasteiger partial charge in [0.05, 0.1) is 23.4 Å². The molecule has 1 aliphatic carbocycles. The number of hydrogen-bond donors (Lipinski definition) is 2. The monoisotopic (exact) mass is 498 g/mol. The summed E-state index contributed by atoms with van der Waals surface area (Å²) in [5.74, 6) is 0.159. The lowest BCUT2D eigenvalue weighted by molar-refractivity contribution is -0.117. The first kappa shape index (κ1) is 24.0. The van der Waals surface area contributed by atoms with Crippen molar-refractivity contribution in [3.05, 3.63) is 57.7 Å². The fraction of sp³-hybridized carbons (Fsp3) is 0.333. The van der Waals surface area contributed by atoms with Crippen LogP contribution in [0.4, 0.5) is 4.79 Å². The summed E-state index contributed by atoms with van der Waals surface area (Å²) in [6, 6.07) is 6.65. The van der Waals surface area contributed by atoms with Crippen molar-refractivity contribution in [2.24, 2.45) is 0 Å². The molecule has 1 aliphatic rings. The average Bonchev–Trinajstić information content (AvgIpc) is 3.21. The third kappa shape index (κ3) is 5.18. The number of benzene rings is 1. The molecule has 0 aliphatic heterocycles. The van der Waals surface area contributed by atoms with Gasteiger partial charge in [0.25, 0.3) is 5.56 Å². The molecule has 3 amide bonds. The first-order valence-electron chi connectivity index (χ1n) is 11.1. The third-order valence-corrected chi connectivity index (χ3v) is 7.48. The van der Waals surface area contributed by atoms with Gasteiger partial charge in [-0.15, -0.1) is 17.9 Å². The number of hydrogen-bond acceptors (Lipinski definition) is 7. The van der Waals surface area contributed by atoms with E-state index in [0.717, 1.165) is 43.0 Å². The second-order valence-electron chi connectivity index (χ2n) is 7.69. The molecule has 8 nitrogen and oxygen atoms in total. The van der Waals surface area contributed by atoms with Crippen LogP contribution in [-0.4, -0.2) is 40.4 Å². The van der Waals surface area contributed by atoms with Crippen molar-refractivity contribution in [1.82, 2.24) is 20.2 Å². The van der Waals surface area contributed by atoms with Crippen molar-refractivity contribution in [3.63, 3.8) is 0 Å². The zero-order valence-corrected chi connectivity index (χ0v) is 20.5. The van der Waals surface area contributed by atoms with Crippen LogP contribution < -0.4 is 20.9 Å². The Morgan fingerprint density at radius 3 is 2.76 bits per heavy atom. The topological polar surface area (TPSA) is 102 Å². The van der Waals surface area contributed by atoms with Gasteiger partial charge < -0.3 is 10.1 Å². The zero-order chi connectivity index (χ0) is 24.1. The highest BCUT2D eigenvalue weighted by Crippen LogP contribution is 2.35. The summed E-state index contributed by atoms with van der Waals surface area (Å²) >= 11 is 2.68. The number of thiophene rings is 1. The highest BCUT2D eigenvalue weighted by atomic mass is 32.2. The molecule has 1 aromatic carbocycles. The minimum atomic E-state index is -0.594. The largest absolute Gasteiger partial charge is 0.494 e. The fourth-order valence-corrected chi connectivity index (χ4v) is 5.99. The lowest BCUT2D eigenvalue weighted by Gasteiger charge is -2.14. The van der Waals surface area contributed by atoms with Crippen molar-refractivity contribution in [2.45, 2.75) is 37.8 Å². The number of aryl methyl sites for hydroxylation is 2. The van der Waals surface area contributed by atoms with Gasteiger partial charge in [0.15, 0.2) is 5.16 Å². The quantitative estimate of drug-likeness (QED) is 0.278. The van der Waals surface area contributed by atoms with Gasteiger partial charge in [-0.3, -0.25) is 19.5 Å². The Morgan fingerprint density at radius 1 is 1.26 bits per heavy atom. The summed E-state index contributed by atoms with van der Waals surface area (Å²) in [5, 5.41) is 5.84. The van der Waals surface area contributed by atoms with Gasteiger partial charge in [0.1, 0.15) is 10.6 Å². The van der Waals surface area contributed by atoms with Crippen molar-refractivity contribution >= 4 is 45.3 Å². The van der Waals surface area contributed by atoms with Crippen molar-refractivity contribution in [3.8, 4) is 11.4 Å². The van der Waals surface area contributed by atoms with Crippen molar-refractivity contribution in [1.29, 1.82) is 0 Å². The molecule has 34 heavy (non-hydrogen) atoms. The van der Waals surface area contributed by atoms with Crippen LogP contribution in [-0.2, 0) is 17.6 Å². The summed E-state index contributed by atoms with van der Waals surface area (Å²) in [6.45, 7) is 6.23. The molecule has 2 aromatic heterocycles. The average molecular weight is 499 g/mol. The van der Waals surface area contributed by atoms with Gasteiger partial charge in [0.2, 0.25) is 5.91 Å². The number of carbonyl (C=O) groups excluding carboxylic acids is 2. The first-order chi connectivity index (χ1) is 16.5. The van der Waals surface area contributed by atoms with E-state index in [4.69, 9.17) is 9.72 Å². The highest BCUT2D eigenvalue weighted by molar-refractivity contribution is 7.99. The maximum absolute atomic E-state index is 13.7. The number of nitrogens with zero attached hydrogens (tertiary/aromatic N) is 2. The Morgan fingerprint density at radius 2 is 2.03 bits per heavy atom. The van der Waals surface area contributed by atoms with Gasteiger partial charge in [-0.25, -0.2) is 9.78 Å². The van der Waals surface area contributed by atoms with E-state index >= 15 is 0 Å². The minimum Gasteiger partial charge on any atom is -0.494 e. The molecule has 0 saturated carbocycles. The maximum atomic E-state index is 13.7. The van der Waals surface area contributed by atoms with Crippen LogP contribution in [0.1, 0.15) is 30.2 Å². The number of amides is 3. The SMILES string of the molecule is C=CCNC(=O)NC(=O)CSc1nc2sc3c(c2c(=O)n1-c1ccc(OCC)cc1)CCCC3. The third-order valence-electron chi connectivity index (χ3n) is 5.36. The lowest BCUT2D eigenvalue weighted by atomic mass is 9.97. The molecule has 3 aromatic rings. The van der Waals surface area contributed by atoms with Gasteiger partial charge in [-0.05, 0) is 62.4 Å². The molecule has 178 valence electrons. The van der Waals surface area contributed by atoms with E-state index in [-0.39, 0.29) is 17.9 Å². The van der Waals surface area contributed by atoms with E-state index in [1.807, 2.05) is 31.2 Å². The minimum absolute atomic E-state index is 0.0679. The number of imide groups is 1. The molecule has 2 heterocycles. The second-order valence-corrected chi connectivity index (χ2v) is 9.71. The lowest BCUT2D eigenvalue weighted by Crippen LogP contribution is -2.40. The number of rotatable bonds is 8. The predicted octanol–water partition coefficient (Wildman–Crippen LogP) is 3.83. The molecule has 0 bridgehead atoms. The second kappa shape index (κ2) is 10.9. The van der Waals surface area contributed by atoms with Crippen molar-refractivity contribution < 1.29 is 14.3 Å². The molecular formula is C24H26N4O4S2. The number of ether oxygens (including phenoxy) is 1. The smallest absolute Gasteiger partial charge is 0.321 e. The summed E-state index contributed by atoms with van der Waals surface area (Å²) in [4.78, 5) is 44.5. The molecule has 10 heteroatoms. The van der Waals surface area contributed by atoms with E-state index in [1.54, 1.807) is 15.9 Å². The normalized spacial score (nSPS) is 12.7. The molecule has 2 N–H and O–H groups in total. The van der Waals surface area contributed by atoms with Gasteiger partial charge in [0, 0.05) is 11.4 Å². The van der Waals surface area contributed by atoms with E-state index < -0.39 is 11.9 Å². The molecule has 0 unspecified atom stereocenters. The number of aromatic nitrogens is 2. The Labute approximate surface area is 205 Å². The summed E-state index contributed by atoms with van der Waals surface area (Å²) in [7, 11) is 0. The molecule has 0 atom stereocenters. The van der Waals surface area contributed by atoms with E-state index in [1.165, 1.54) is 11.0 Å².